The third-order valence-corrected chi connectivity index (χ3v) is 4.96. The molecule has 0 aliphatic carbocycles. The molecule has 4 nitrogen and oxygen atoms in total. The van der Waals surface area contributed by atoms with Crippen LogP contribution < -0.4 is 10.0 Å². The summed E-state index contributed by atoms with van der Waals surface area (Å²) >= 11 is 12.0. The molecule has 0 radical (unpaired) electrons. The van der Waals surface area contributed by atoms with Gasteiger partial charge in [-0.15, -0.1) is 0 Å². The predicted octanol–water partition coefficient (Wildman–Crippen LogP) is 3.51. The van der Waals surface area contributed by atoms with Crippen LogP contribution in [0.25, 0.3) is 0 Å². The lowest BCUT2D eigenvalue weighted by molar-refractivity contribution is 0.601. The lowest BCUT2D eigenvalue weighted by Gasteiger charge is -2.12. The van der Waals surface area contributed by atoms with Crippen molar-refractivity contribution in [1.82, 2.24) is 5.32 Å². The van der Waals surface area contributed by atoms with Crippen molar-refractivity contribution in [3.05, 3.63) is 58.1 Å². The van der Waals surface area contributed by atoms with E-state index in [1.165, 1.54) is 6.07 Å². The van der Waals surface area contributed by atoms with Crippen LogP contribution in [-0.4, -0.2) is 15.5 Å². The number of rotatable bonds is 5. The minimum Gasteiger partial charge on any atom is -0.316 e. The maximum Gasteiger partial charge on any atom is 0.263 e. The van der Waals surface area contributed by atoms with Crippen LogP contribution in [0.3, 0.4) is 0 Å². The lowest BCUT2D eigenvalue weighted by atomic mass is 10.2. The second-order valence-electron chi connectivity index (χ2n) is 4.38. The van der Waals surface area contributed by atoms with Gasteiger partial charge in [0, 0.05) is 6.54 Å². The van der Waals surface area contributed by atoms with Crippen LogP contribution in [-0.2, 0) is 16.6 Å². The number of hydrogen-bond acceptors (Lipinski definition) is 3. The number of anilines is 1. The molecule has 0 heterocycles. The average molecular weight is 345 g/mol. The monoisotopic (exact) mass is 344 g/mol. The van der Waals surface area contributed by atoms with E-state index in [2.05, 4.69) is 10.0 Å². The first-order valence-electron chi connectivity index (χ1n) is 6.14. The molecule has 0 fully saturated rings. The van der Waals surface area contributed by atoms with Crippen molar-refractivity contribution >= 4 is 38.9 Å². The fourth-order valence-electron chi connectivity index (χ4n) is 1.81. The van der Waals surface area contributed by atoms with Gasteiger partial charge in [-0.25, -0.2) is 8.42 Å². The van der Waals surface area contributed by atoms with Gasteiger partial charge in [0.05, 0.1) is 15.7 Å². The SMILES string of the molecule is CNCc1ccc(Cl)c(S(=O)(=O)Nc2ccccc2Cl)c1. The quantitative estimate of drug-likeness (QED) is 0.872. The second-order valence-corrected chi connectivity index (χ2v) is 6.85. The molecule has 0 atom stereocenters. The highest BCUT2D eigenvalue weighted by Gasteiger charge is 2.19. The molecule has 0 saturated carbocycles. The van der Waals surface area contributed by atoms with Gasteiger partial charge in [0.25, 0.3) is 10.0 Å². The third-order valence-electron chi connectivity index (χ3n) is 2.78. The minimum absolute atomic E-state index is 0.0248. The highest BCUT2D eigenvalue weighted by atomic mass is 35.5. The van der Waals surface area contributed by atoms with Crippen molar-refractivity contribution in [3.63, 3.8) is 0 Å². The first-order chi connectivity index (χ1) is 9.94. The van der Waals surface area contributed by atoms with E-state index in [1.807, 2.05) is 0 Å². The Morgan fingerprint density at radius 2 is 1.76 bits per heavy atom. The highest BCUT2D eigenvalue weighted by molar-refractivity contribution is 7.92. The van der Waals surface area contributed by atoms with Gasteiger partial charge >= 0.3 is 0 Å². The fraction of sp³-hybridized carbons (Fsp3) is 0.143. The van der Waals surface area contributed by atoms with Gasteiger partial charge < -0.3 is 5.32 Å². The van der Waals surface area contributed by atoms with Gasteiger partial charge in [-0.1, -0.05) is 41.4 Å². The van der Waals surface area contributed by atoms with Gasteiger partial charge in [0.1, 0.15) is 4.90 Å². The molecule has 2 aromatic carbocycles. The molecule has 0 saturated heterocycles. The molecule has 2 aromatic rings. The smallest absolute Gasteiger partial charge is 0.263 e. The van der Waals surface area contributed by atoms with Crippen LogP contribution >= 0.6 is 23.2 Å². The van der Waals surface area contributed by atoms with E-state index in [0.29, 0.717) is 17.3 Å². The van der Waals surface area contributed by atoms with Crippen molar-refractivity contribution in [2.24, 2.45) is 0 Å². The van der Waals surface area contributed by atoms with Crippen LogP contribution in [0.5, 0.6) is 0 Å². The standard InChI is InChI=1S/C14H14Cl2N2O2S/c1-17-9-10-6-7-12(16)14(8-10)21(19,20)18-13-5-3-2-4-11(13)15/h2-8,17-18H,9H2,1H3. The van der Waals surface area contributed by atoms with Gasteiger partial charge in [-0.3, -0.25) is 4.72 Å². The predicted molar refractivity (Wildman–Crippen MR) is 86.5 cm³/mol. The summed E-state index contributed by atoms with van der Waals surface area (Å²) in [5, 5.41) is 3.45. The molecule has 21 heavy (non-hydrogen) atoms. The average Bonchev–Trinajstić information content (AvgIpc) is 2.43. The van der Waals surface area contributed by atoms with Crippen molar-refractivity contribution in [2.45, 2.75) is 11.4 Å². The Morgan fingerprint density at radius 3 is 2.43 bits per heavy atom. The molecule has 2 N–H and O–H groups in total. The van der Waals surface area contributed by atoms with Gasteiger partial charge in [0.2, 0.25) is 0 Å². The Kier molecular flexibility index (Phi) is 5.11. The van der Waals surface area contributed by atoms with E-state index in [9.17, 15) is 8.42 Å². The maximum atomic E-state index is 12.5. The molecule has 0 spiro atoms. The number of hydrogen-bond donors (Lipinski definition) is 2. The summed E-state index contributed by atoms with van der Waals surface area (Å²) in [7, 11) is -2.02. The summed E-state index contributed by atoms with van der Waals surface area (Å²) < 4.78 is 27.4. The number of benzene rings is 2. The Balaban J connectivity index is 2.40. The lowest BCUT2D eigenvalue weighted by Crippen LogP contribution is -2.15. The molecule has 2 rings (SSSR count). The molecule has 112 valence electrons. The Labute approximate surface area is 134 Å². The summed E-state index contributed by atoms with van der Waals surface area (Å²) in [6.45, 7) is 0.547. The Bertz CT molecular complexity index is 748. The summed E-state index contributed by atoms with van der Waals surface area (Å²) in [6, 6.07) is 11.5. The summed E-state index contributed by atoms with van der Waals surface area (Å²) in [6.07, 6.45) is 0. The molecular weight excluding hydrogens is 331 g/mol. The maximum absolute atomic E-state index is 12.5. The second kappa shape index (κ2) is 6.66. The zero-order valence-corrected chi connectivity index (χ0v) is 13.6. The normalized spacial score (nSPS) is 11.4. The molecule has 0 amide bonds. The van der Waals surface area contributed by atoms with Crippen LogP contribution in [0.1, 0.15) is 5.56 Å². The van der Waals surface area contributed by atoms with Crippen molar-refractivity contribution in [2.75, 3.05) is 11.8 Å². The van der Waals surface area contributed by atoms with Crippen LogP contribution in [0.15, 0.2) is 47.4 Å². The van der Waals surface area contributed by atoms with Crippen LogP contribution in [0.2, 0.25) is 10.0 Å². The molecular formula is C14H14Cl2N2O2S. The van der Waals surface area contributed by atoms with Crippen LogP contribution in [0, 0.1) is 0 Å². The van der Waals surface area contributed by atoms with Crippen LogP contribution in [0.4, 0.5) is 5.69 Å². The number of halogens is 2. The van der Waals surface area contributed by atoms with Crippen molar-refractivity contribution in [3.8, 4) is 0 Å². The van der Waals surface area contributed by atoms with Gasteiger partial charge in [0.15, 0.2) is 0 Å². The van der Waals surface area contributed by atoms with E-state index < -0.39 is 10.0 Å². The van der Waals surface area contributed by atoms with Gasteiger partial charge in [-0.05, 0) is 36.9 Å². The molecule has 0 aliphatic heterocycles. The Morgan fingerprint density at radius 1 is 1.05 bits per heavy atom. The number of nitrogens with one attached hydrogen (secondary N) is 2. The van der Waals surface area contributed by atoms with E-state index in [4.69, 9.17) is 23.2 Å². The molecule has 0 bridgehead atoms. The Hall–Kier alpha value is -1.27. The van der Waals surface area contributed by atoms with E-state index in [-0.39, 0.29) is 9.92 Å². The molecule has 0 aliphatic rings. The van der Waals surface area contributed by atoms with Crippen molar-refractivity contribution < 1.29 is 8.42 Å². The van der Waals surface area contributed by atoms with Crippen molar-refractivity contribution in [1.29, 1.82) is 0 Å². The topological polar surface area (TPSA) is 58.2 Å². The molecule has 7 heteroatoms. The third kappa shape index (κ3) is 3.89. The number of para-hydroxylation sites is 1. The highest BCUT2D eigenvalue weighted by Crippen LogP contribution is 2.28. The zero-order valence-electron chi connectivity index (χ0n) is 11.2. The molecule has 0 unspecified atom stereocenters. The van der Waals surface area contributed by atoms with E-state index in [1.54, 1.807) is 43.4 Å². The largest absolute Gasteiger partial charge is 0.316 e. The summed E-state index contributed by atoms with van der Waals surface area (Å²) in [4.78, 5) is 0.0248. The zero-order chi connectivity index (χ0) is 15.5. The fourth-order valence-corrected chi connectivity index (χ4v) is 3.68. The van der Waals surface area contributed by atoms with E-state index >= 15 is 0 Å². The first kappa shape index (κ1) is 16.1. The minimum atomic E-state index is -3.80. The summed E-state index contributed by atoms with van der Waals surface area (Å²) in [5.41, 5.74) is 1.13. The number of sulfonamides is 1. The van der Waals surface area contributed by atoms with Gasteiger partial charge in [-0.2, -0.15) is 0 Å². The molecule has 0 aromatic heterocycles. The first-order valence-corrected chi connectivity index (χ1v) is 8.38. The van der Waals surface area contributed by atoms with E-state index in [0.717, 1.165) is 5.56 Å². The summed E-state index contributed by atoms with van der Waals surface area (Å²) in [5.74, 6) is 0.